The number of anilines is 1. The maximum absolute atomic E-state index is 12.3. The predicted molar refractivity (Wildman–Crippen MR) is 131 cm³/mol. The molecule has 1 atom stereocenters. The summed E-state index contributed by atoms with van der Waals surface area (Å²) in [7, 11) is 0. The van der Waals surface area contributed by atoms with Gasteiger partial charge in [0.15, 0.2) is 6.61 Å². The summed E-state index contributed by atoms with van der Waals surface area (Å²) >= 11 is 6.78. The first-order valence-electron chi connectivity index (χ1n) is 9.81. The molecule has 3 N–H and O–H groups in total. The Morgan fingerprint density at radius 3 is 2.56 bits per heavy atom. The number of ether oxygens (including phenoxy) is 1. The summed E-state index contributed by atoms with van der Waals surface area (Å²) in [5.74, 6) is -1.57. The highest BCUT2D eigenvalue weighted by Gasteiger charge is 2.14. The molecule has 10 heteroatoms. The Bertz CT molecular complexity index is 1030. The van der Waals surface area contributed by atoms with Gasteiger partial charge in [-0.2, -0.15) is 5.10 Å². The van der Waals surface area contributed by atoms with Gasteiger partial charge >= 0.3 is 11.8 Å². The summed E-state index contributed by atoms with van der Waals surface area (Å²) in [5.41, 5.74) is 4.35. The molecular weight excluding hydrogens is 544 g/mol. The number of amides is 3. The van der Waals surface area contributed by atoms with Crippen molar-refractivity contribution in [3.63, 3.8) is 0 Å². The number of nitrogens with zero attached hydrogens (tertiary/aromatic N) is 1. The van der Waals surface area contributed by atoms with Crippen molar-refractivity contribution >= 4 is 61.5 Å². The van der Waals surface area contributed by atoms with Crippen LogP contribution in [-0.4, -0.2) is 36.6 Å². The minimum absolute atomic E-state index is 0.116. The summed E-state index contributed by atoms with van der Waals surface area (Å²) in [5, 5.41) is 9.15. The third-order valence-corrected chi connectivity index (χ3v) is 5.72. The van der Waals surface area contributed by atoms with E-state index in [9.17, 15) is 14.4 Å². The molecule has 0 bridgehead atoms. The van der Waals surface area contributed by atoms with Gasteiger partial charge in [-0.25, -0.2) is 5.43 Å². The van der Waals surface area contributed by atoms with Crippen molar-refractivity contribution in [2.24, 2.45) is 5.10 Å². The molecule has 0 spiro atoms. The number of benzene rings is 2. The largest absolute Gasteiger partial charge is 0.483 e. The zero-order valence-electron chi connectivity index (χ0n) is 17.9. The molecule has 0 heterocycles. The number of aryl methyl sites for hydroxylation is 1. The zero-order chi connectivity index (χ0) is 23.7. The number of nitrogens with one attached hydrogen (secondary N) is 3. The van der Waals surface area contributed by atoms with E-state index in [0.29, 0.717) is 23.4 Å². The summed E-state index contributed by atoms with van der Waals surface area (Å²) in [6.07, 6.45) is 2.04. The van der Waals surface area contributed by atoms with Gasteiger partial charge in [0.25, 0.3) is 5.91 Å². The Morgan fingerprint density at radius 2 is 1.88 bits per heavy atom. The lowest BCUT2D eigenvalue weighted by molar-refractivity contribution is -0.139. The van der Waals surface area contributed by atoms with Crippen LogP contribution in [0.3, 0.4) is 0 Å². The summed E-state index contributed by atoms with van der Waals surface area (Å²) < 4.78 is 7.33. The molecule has 0 fully saturated rings. The number of hydrogen-bond acceptors (Lipinski definition) is 5. The lowest BCUT2D eigenvalue weighted by Gasteiger charge is -2.11. The van der Waals surface area contributed by atoms with Gasteiger partial charge in [0, 0.05) is 26.2 Å². The Kier molecular flexibility index (Phi) is 9.86. The van der Waals surface area contributed by atoms with E-state index in [-0.39, 0.29) is 18.6 Å². The molecule has 0 aliphatic carbocycles. The maximum atomic E-state index is 12.3. The van der Waals surface area contributed by atoms with E-state index in [2.05, 4.69) is 53.0 Å². The molecule has 170 valence electrons. The highest BCUT2D eigenvalue weighted by Crippen LogP contribution is 2.22. The maximum Gasteiger partial charge on any atom is 0.329 e. The van der Waals surface area contributed by atoms with Gasteiger partial charge in [-0.1, -0.05) is 38.8 Å². The van der Waals surface area contributed by atoms with Crippen LogP contribution in [0.25, 0.3) is 0 Å². The van der Waals surface area contributed by atoms with Crippen LogP contribution >= 0.6 is 31.9 Å². The quantitative estimate of drug-likeness (QED) is 0.255. The monoisotopic (exact) mass is 566 g/mol. The van der Waals surface area contributed by atoms with E-state index < -0.39 is 11.8 Å². The van der Waals surface area contributed by atoms with Crippen LogP contribution in [0.2, 0.25) is 0 Å². The Labute approximate surface area is 203 Å². The second-order valence-corrected chi connectivity index (χ2v) is 8.73. The third kappa shape index (κ3) is 8.08. The van der Waals surface area contributed by atoms with Gasteiger partial charge < -0.3 is 15.4 Å². The lowest BCUT2D eigenvalue weighted by atomic mass is 10.2. The number of carbonyl (C=O) groups is 3. The predicted octanol–water partition coefficient (Wildman–Crippen LogP) is 3.90. The standard InChI is InChI=1S/C22H24Br2N4O4/c1-4-14(3)26-21(30)22(31)28-25-11-15-10-16(23)5-8-19(15)32-12-20(29)27-17-6-7-18(24)13(2)9-17/h5-11,14H,4,12H2,1-3H3,(H,26,30)(H,27,29)(H,28,31)/b25-11-/t14-/m0/s1. The van der Waals surface area contributed by atoms with Crippen LogP contribution in [0.1, 0.15) is 31.4 Å². The number of hydrogen-bond donors (Lipinski definition) is 3. The zero-order valence-corrected chi connectivity index (χ0v) is 21.0. The van der Waals surface area contributed by atoms with Crippen molar-refractivity contribution in [2.45, 2.75) is 33.2 Å². The van der Waals surface area contributed by atoms with E-state index in [4.69, 9.17) is 4.74 Å². The van der Waals surface area contributed by atoms with E-state index in [1.807, 2.05) is 26.0 Å². The molecule has 0 saturated heterocycles. The molecular formula is C22H24Br2N4O4. The Balaban J connectivity index is 1.97. The normalized spacial score (nSPS) is 11.7. The van der Waals surface area contributed by atoms with Crippen LogP contribution < -0.4 is 20.8 Å². The van der Waals surface area contributed by atoms with Crippen LogP contribution in [0.5, 0.6) is 5.75 Å². The van der Waals surface area contributed by atoms with Crippen molar-refractivity contribution in [3.05, 3.63) is 56.5 Å². The van der Waals surface area contributed by atoms with E-state index in [1.54, 1.807) is 31.2 Å². The fourth-order valence-electron chi connectivity index (χ4n) is 2.42. The average molecular weight is 568 g/mol. The second kappa shape index (κ2) is 12.4. The molecule has 2 rings (SSSR count). The topological polar surface area (TPSA) is 109 Å². The first kappa shape index (κ1) is 25.5. The molecule has 3 amide bonds. The first-order chi connectivity index (χ1) is 15.2. The first-order valence-corrected chi connectivity index (χ1v) is 11.4. The number of rotatable bonds is 8. The molecule has 32 heavy (non-hydrogen) atoms. The van der Waals surface area contributed by atoms with Gasteiger partial charge in [-0.15, -0.1) is 0 Å². The van der Waals surface area contributed by atoms with Crippen molar-refractivity contribution in [1.29, 1.82) is 0 Å². The molecule has 2 aromatic rings. The van der Waals surface area contributed by atoms with Gasteiger partial charge in [0.05, 0.1) is 6.21 Å². The average Bonchev–Trinajstić information content (AvgIpc) is 2.75. The summed E-state index contributed by atoms with van der Waals surface area (Å²) in [6.45, 7) is 5.40. The van der Waals surface area contributed by atoms with Crippen molar-refractivity contribution < 1.29 is 19.1 Å². The Hall–Kier alpha value is -2.72. The minimum atomic E-state index is -0.872. The van der Waals surface area contributed by atoms with E-state index in [0.717, 1.165) is 14.5 Å². The van der Waals surface area contributed by atoms with Crippen molar-refractivity contribution in [3.8, 4) is 5.75 Å². The van der Waals surface area contributed by atoms with Crippen molar-refractivity contribution in [1.82, 2.24) is 10.7 Å². The molecule has 0 aliphatic heterocycles. The van der Waals surface area contributed by atoms with Gasteiger partial charge in [-0.05, 0) is 62.2 Å². The van der Waals surface area contributed by atoms with Crippen LogP contribution in [0.4, 0.5) is 5.69 Å². The molecule has 0 radical (unpaired) electrons. The highest BCUT2D eigenvalue weighted by molar-refractivity contribution is 9.10. The highest BCUT2D eigenvalue weighted by atomic mass is 79.9. The van der Waals surface area contributed by atoms with Gasteiger partial charge in [-0.3, -0.25) is 14.4 Å². The molecule has 0 saturated carbocycles. The fourth-order valence-corrected chi connectivity index (χ4v) is 3.04. The molecule has 8 nitrogen and oxygen atoms in total. The number of carbonyl (C=O) groups excluding carboxylic acids is 3. The third-order valence-electron chi connectivity index (χ3n) is 4.34. The molecule has 2 aromatic carbocycles. The van der Waals surface area contributed by atoms with Crippen LogP contribution in [0, 0.1) is 6.92 Å². The number of halogens is 2. The van der Waals surface area contributed by atoms with Crippen molar-refractivity contribution in [2.75, 3.05) is 11.9 Å². The van der Waals surface area contributed by atoms with Gasteiger partial charge in [0.1, 0.15) is 5.75 Å². The second-order valence-electron chi connectivity index (χ2n) is 6.96. The Morgan fingerprint density at radius 1 is 1.12 bits per heavy atom. The van der Waals surface area contributed by atoms with Gasteiger partial charge in [0.2, 0.25) is 0 Å². The van der Waals surface area contributed by atoms with Crippen LogP contribution in [0.15, 0.2) is 50.4 Å². The summed E-state index contributed by atoms with van der Waals surface area (Å²) in [4.78, 5) is 35.9. The smallest absolute Gasteiger partial charge is 0.329 e. The van der Waals surface area contributed by atoms with Crippen LogP contribution in [-0.2, 0) is 14.4 Å². The molecule has 0 unspecified atom stereocenters. The van der Waals surface area contributed by atoms with E-state index >= 15 is 0 Å². The fraction of sp³-hybridized carbons (Fsp3) is 0.273. The molecule has 0 aliphatic rings. The number of hydrazone groups is 1. The SMILES string of the molecule is CC[C@H](C)NC(=O)C(=O)N/N=C\c1cc(Br)ccc1OCC(=O)Nc1ccc(Br)c(C)c1. The molecule has 0 aromatic heterocycles. The minimum Gasteiger partial charge on any atom is -0.483 e. The summed E-state index contributed by atoms with van der Waals surface area (Å²) in [6, 6.07) is 10.5. The van der Waals surface area contributed by atoms with E-state index in [1.165, 1.54) is 6.21 Å². The lowest BCUT2D eigenvalue weighted by Crippen LogP contribution is -2.41.